The summed E-state index contributed by atoms with van der Waals surface area (Å²) >= 11 is 2.69. The minimum absolute atomic E-state index is 0. The minimum Gasteiger partial charge on any atom is -0.457 e. The van der Waals surface area contributed by atoms with E-state index in [4.69, 9.17) is 4.74 Å². The number of likely N-dealkylation sites (tertiary alicyclic amines) is 1. The van der Waals surface area contributed by atoms with Gasteiger partial charge in [-0.1, -0.05) is 6.07 Å². The number of aliphatic hydroxyl groups is 1. The molecule has 250 valence electrons. The highest BCUT2D eigenvalue weighted by molar-refractivity contribution is 7.10. The summed E-state index contributed by atoms with van der Waals surface area (Å²) in [6.07, 6.45) is 4.36. The Bertz CT molecular complexity index is 1490. The first kappa shape index (κ1) is 36.2. The molecule has 0 radical (unpaired) electrons. The number of amides is 2. The number of hydrogen-bond donors (Lipinski definition) is 2. The van der Waals surface area contributed by atoms with Crippen LogP contribution in [0.2, 0.25) is 0 Å². The lowest BCUT2D eigenvalue weighted by atomic mass is 9.93. The van der Waals surface area contributed by atoms with Gasteiger partial charge in [0, 0.05) is 50.4 Å². The monoisotopic (exact) mass is 710 g/mol. The van der Waals surface area contributed by atoms with Crippen LogP contribution in [-0.4, -0.2) is 83.4 Å². The Balaban J connectivity index is 0.000000238. The van der Waals surface area contributed by atoms with Crippen molar-refractivity contribution in [3.63, 3.8) is 0 Å². The average molecular weight is 712 g/mol. The van der Waals surface area contributed by atoms with Crippen molar-refractivity contribution in [1.82, 2.24) is 19.0 Å². The number of cyclic esters (lactones) is 1. The Hall–Kier alpha value is -2.65. The third kappa shape index (κ3) is 7.40. The molecule has 2 aromatic heterocycles. The van der Waals surface area contributed by atoms with E-state index in [1.54, 1.807) is 35.3 Å². The number of rotatable bonds is 7. The standard InChI is InChI=1S/C21H25N3O4S.C10H13N3OS.2ClH/c1-13-15(3-4-16-17(13)12-28-21(16)27)18(25)11-24-9-6-14(7-10-24)20(26)23(2)19-5-8-22-29-19;1-13(8-2-3-12-15-8)10(14)9-6-4-11-5-7(6)9;;/h3-5,8,14,18,25H,6-7,9-12H2,1-2H3;2-3,6-7,9,11H,4-5H2,1H3;2*1H. The quantitative estimate of drug-likeness (QED) is 0.351. The maximum atomic E-state index is 12.7. The number of aliphatic hydroxyl groups excluding tert-OH is 1. The van der Waals surface area contributed by atoms with E-state index in [2.05, 4.69) is 19.0 Å². The molecule has 7 rings (SSSR count). The van der Waals surface area contributed by atoms with Gasteiger partial charge in [-0.2, -0.15) is 8.75 Å². The van der Waals surface area contributed by atoms with E-state index in [1.165, 1.54) is 23.1 Å². The van der Waals surface area contributed by atoms with E-state index in [1.807, 2.05) is 32.2 Å². The van der Waals surface area contributed by atoms with Crippen LogP contribution in [0.15, 0.2) is 36.7 Å². The SMILES string of the molecule is CN(C(=O)C1C2CNCC21)c1ccns1.Cc1c(C(O)CN2CCC(C(=O)N(C)c3ccns3)CC2)ccc2c1COC2=O.Cl.Cl. The Morgan fingerprint density at radius 2 is 1.59 bits per heavy atom. The van der Waals surface area contributed by atoms with Gasteiger partial charge < -0.3 is 29.9 Å². The summed E-state index contributed by atoms with van der Waals surface area (Å²) < 4.78 is 13.2. The molecule has 5 heterocycles. The number of nitrogens with one attached hydrogen (secondary N) is 1. The number of piperidine rings is 2. The van der Waals surface area contributed by atoms with Crippen molar-refractivity contribution in [1.29, 1.82) is 0 Å². The summed E-state index contributed by atoms with van der Waals surface area (Å²) in [5, 5.41) is 15.9. The molecule has 2 amide bonds. The zero-order valence-corrected chi connectivity index (χ0v) is 29.2. The van der Waals surface area contributed by atoms with Crippen molar-refractivity contribution in [2.24, 2.45) is 23.7 Å². The molecule has 1 aliphatic carbocycles. The Labute approximate surface area is 289 Å². The molecule has 1 saturated carbocycles. The number of hydrogen-bond acceptors (Lipinski definition) is 11. The molecule has 2 saturated heterocycles. The number of ether oxygens (including phenoxy) is 1. The van der Waals surface area contributed by atoms with Gasteiger partial charge in [-0.3, -0.25) is 9.59 Å². The van der Waals surface area contributed by atoms with Gasteiger partial charge in [0.2, 0.25) is 11.8 Å². The first-order valence-corrected chi connectivity index (χ1v) is 16.6. The van der Waals surface area contributed by atoms with E-state index in [-0.39, 0.29) is 61.0 Å². The Morgan fingerprint density at radius 1 is 1.00 bits per heavy atom. The lowest BCUT2D eigenvalue weighted by Gasteiger charge is -2.34. The molecule has 0 spiro atoms. The zero-order valence-electron chi connectivity index (χ0n) is 26.0. The second-order valence-corrected chi connectivity index (χ2v) is 13.6. The second-order valence-electron chi connectivity index (χ2n) is 12.0. The van der Waals surface area contributed by atoms with Gasteiger partial charge in [-0.25, -0.2) is 4.79 Å². The first-order chi connectivity index (χ1) is 21.2. The zero-order chi connectivity index (χ0) is 31.0. The molecule has 4 aliphatic rings. The summed E-state index contributed by atoms with van der Waals surface area (Å²) in [6, 6.07) is 7.31. The van der Waals surface area contributed by atoms with Crippen LogP contribution in [0.1, 0.15) is 46.0 Å². The fourth-order valence-corrected chi connectivity index (χ4v) is 7.83. The number of carbonyl (C=O) groups excluding carboxylic acids is 3. The summed E-state index contributed by atoms with van der Waals surface area (Å²) in [6.45, 7) is 6.29. The van der Waals surface area contributed by atoms with Gasteiger partial charge in [0.05, 0.1) is 11.7 Å². The van der Waals surface area contributed by atoms with Gasteiger partial charge in [0.25, 0.3) is 0 Å². The first-order valence-electron chi connectivity index (χ1n) is 15.0. The number of anilines is 2. The lowest BCUT2D eigenvalue weighted by molar-refractivity contribution is -0.123. The van der Waals surface area contributed by atoms with Crippen LogP contribution in [0.3, 0.4) is 0 Å². The van der Waals surface area contributed by atoms with Gasteiger partial charge in [-0.05, 0) is 110 Å². The van der Waals surface area contributed by atoms with Gasteiger partial charge in [-0.15, -0.1) is 24.8 Å². The fraction of sp³-hybridized carbons (Fsp3) is 0.516. The molecule has 46 heavy (non-hydrogen) atoms. The van der Waals surface area contributed by atoms with Crippen LogP contribution in [0.25, 0.3) is 0 Å². The molecule has 3 fully saturated rings. The molecule has 11 nitrogen and oxygen atoms in total. The molecule has 3 unspecified atom stereocenters. The summed E-state index contributed by atoms with van der Waals surface area (Å²) in [5.74, 6) is 1.54. The number of nitrogens with zero attached hydrogens (tertiary/aromatic N) is 5. The highest BCUT2D eigenvalue weighted by atomic mass is 35.5. The lowest BCUT2D eigenvalue weighted by Crippen LogP contribution is -2.42. The maximum Gasteiger partial charge on any atom is 0.338 e. The fourth-order valence-electron chi connectivity index (χ4n) is 6.70. The predicted molar refractivity (Wildman–Crippen MR) is 183 cm³/mol. The van der Waals surface area contributed by atoms with Crippen molar-refractivity contribution >= 4 is 75.7 Å². The van der Waals surface area contributed by atoms with E-state index >= 15 is 0 Å². The number of β-amino-alcohol motifs (C(OH)–C–C–N with tert-alkyl or cyclic N) is 1. The number of halogens is 2. The molecule has 3 aliphatic heterocycles. The second kappa shape index (κ2) is 15.5. The third-order valence-corrected chi connectivity index (χ3v) is 11.1. The topological polar surface area (TPSA) is 128 Å². The minimum atomic E-state index is -0.636. The van der Waals surface area contributed by atoms with E-state index in [9.17, 15) is 19.5 Å². The highest BCUT2D eigenvalue weighted by Crippen LogP contribution is 2.49. The smallest absolute Gasteiger partial charge is 0.338 e. The molecule has 3 atom stereocenters. The number of esters is 1. The number of carbonyl (C=O) groups is 3. The summed E-state index contributed by atoms with van der Waals surface area (Å²) in [7, 11) is 3.65. The molecule has 3 aromatic rings. The van der Waals surface area contributed by atoms with Crippen LogP contribution in [0.4, 0.5) is 10.0 Å². The van der Waals surface area contributed by atoms with Crippen LogP contribution < -0.4 is 15.1 Å². The number of benzene rings is 1. The van der Waals surface area contributed by atoms with E-state index in [0.717, 1.165) is 65.7 Å². The number of fused-ring (bicyclic) bond motifs is 2. The van der Waals surface area contributed by atoms with Crippen LogP contribution >= 0.6 is 47.9 Å². The van der Waals surface area contributed by atoms with Crippen molar-refractivity contribution in [2.75, 3.05) is 56.6 Å². The van der Waals surface area contributed by atoms with Crippen LogP contribution in [0, 0.1) is 30.6 Å². The van der Waals surface area contributed by atoms with Crippen LogP contribution in [0.5, 0.6) is 0 Å². The normalized spacial score (nSPS) is 22.2. The van der Waals surface area contributed by atoms with Crippen molar-refractivity contribution in [3.8, 4) is 0 Å². The van der Waals surface area contributed by atoms with Crippen molar-refractivity contribution < 1.29 is 24.2 Å². The van der Waals surface area contributed by atoms with Crippen LogP contribution in [-0.2, 0) is 20.9 Å². The van der Waals surface area contributed by atoms with Gasteiger partial charge in [0.1, 0.15) is 16.6 Å². The third-order valence-electron chi connectivity index (χ3n) is 9.48. The summed E-state index contributed by atoms with van der Waals surface area (Å²) in [5.41, 5.74) is 3.24. The van der Waals surface area contributed by atoms with E-state index in [0.29, 0.717) is 23.9 Å². The Kier molecular flexibility index (Phi) is 12.2. The number of aromatic nitrogens is 2. The molecular weight excluding hydrogens is 671 g/mol. The average Bonchev–Trinajstić information content (AvgIpc) is 3.70. The Morgan fingerprint density at radius 3 is 2.15 bits per heavy atom. The highest BCUT2D eigenvalue weighted by Gasteiger charge is 2.57. The maximum absolute atomic E-state index is 12.7. The largest absolute Gasteiger partial charge is 0.457 e. The summed E-state index contributed by atoms with van der Waals surface area (Å²) in [4.78, 5) is 42.2. The predicted octanol–water partition coefficient (Wildman–Crippen LogP) is 3.95. The van der Waals surface area contributed by atoms with Gasteiger partial charge >= 0.3 is 5.97 Å². The van der Waals surface area contributed by atoms with Crippen molar-refractivity contribution in [2.45, 2.75) is 32.5 Å². The molecule has 0 bridgehead atoms. The van der Waals surface area contributed by atoms with Crippen molar-refractivity contribution in [3.05, 3.63) is 58.9 Å². The van der Waals surface area contributed by atoms with Gasteiger partial charge in [0.15, 0.2) is 0 Å². The van der Waals surface area contributed by atoms with E-state index < -0.39 is 6.10 Å². The molecular formula is C31H40Cl2N6O5S2. The molecule has 15 heteroatoms. The molecule has 2 N–H and O–H groups in total. The molecule has 1 aromatic carbocycles.